The van der Waals surface area contributed by atoms with Gasteiger partial charge in [-0.15, -0.1) is 0 Å². The van der Waals surface area contributed by atoms with Gasteiger partial charge in [0.05, 0.1) is 28.3 Å². The smallest absolute Gasteiger partial charge is 0.260 e. The van der Waals surface area contributed by atoms with Crippen molar-refractivity contribution in [2.45, 2.75) is 18.7 Å². The van der Waals surface area contributed by atoms with Gasteiger partial charge in [-0.25, -0.2) is 13.4 Å². The molecule has 0 radical (unpaired) electrons. The average Bonchev–Trinajstić information content (AvgIpc) is 3.23. The number of likely N-dealkylation sites (N-methyl/N-ethyl adjacent to an activating group) is 1. The van der Waals surface area contributed by atoms with E-state index < -0.39 is 10.0 Å². The highest BCUT2D eigenvalue weighted by Crippen LogP contribution is 2.33. The van der Waals surface area contributed by atoms with Crippen molar-refractivity contribution < 1.29 is 17.9 Å². The van der Waals surface area contributed by atoms with Crippen LogP contribution in [0, 0.1) is 13.8 Å². The largest absolute Gasteiger partial charge is 0.379 e. The van der Waals surface area contributed by atoms with Gasteiger partial charge in [0, 0.05) is 31.7 Å². The van der Waals surface area contributed by atoms with Gasteiger partial charge in [0.2, 0.25) is 10.0 Å². The summed E-state index contributed by atoms with van der Waals surface area (Å²) in [5, 5.41) is 0.639. The van der Waals surface area contributed by atoms with Crippen molar-refractivity contribution in [3.8, 4) is 0 Å². The molecule has 1 fully saturated rings. The highest BCUT2D eigenvalue weighted by atomic mass is 32.2. The molecule has 10 heteroatoms. The molecule has 1 aliphatic heterocycles. The first kappa shape index (κ1) is 24.7. The van der Waals surface area contributed by atoms with Crippen LogP contribution in [0.15, 0.2) is 41.3 Å². The molecular weight excluding hydrogens is 472 g/mol. The highest BCUT2D eigenvalue weighted by Gasteiger charge is 2.27. The van der Waals surface area contributed by atoms with E-state index in [4.69, 9.17) is 9.72 Å². The molecule has 1 aromatic heterocycles. The molecular formula is C24H30N4O4S2. The summed E-state index contributed by atoms with van der Waals surface area (Å²) in [6.45, 7) is 6.66. The topological polar surface area (TPSA) is 83.1 Å². The van der Waals surface area contributed by atoms with Crippen molar-refractivity contribution in [2.75, 3.05) is 58.4 Å². The first-order valence-corrected chi connectivity index (χ1v) is 13.4. The van der Waals surface area contributed by atoms with E-state index in [-0.39, 0.29) is 10.8 Å². The summed E-state index contributed by atoms with van der Waals surface area (Å²) in [4.78, 5) is 22.2. The molecule has 3 aromatic rings. The second-order valence-electron chi connectivity index (χ2n) is 8.73. The van der Waals surface area contributed by atoms with E-state index in [0.717, 1.165) is 21.3 Å². The summed E-state index contributed by atoms with van der Waals surface area (Å²) < 4.78 is 33.6. The van der Waals surface area contributed by atoms with E-state index in [0.29, 0.717) is 50.1 Å². The lowest BCUT2D eigenvalue weighted by molar-refractivity contribution is 0.0730. The molecule has 34 heavy (non-hydrogen) atoms. The Hall–Kier alpha value is -2.37. The highest BCUT2D eigenvalue weighted by molar-refractivity contribution is 7.89. The van der Waals surface area contributed by atoms with E-state index in [2.05, 4.69) is 13.0 Å². The number of rotatable bonds is 7. The maximum absolute atomic E-state index is 13.5. The third-order valence-corrected chi connectivity index (χ3v) is 8.91. The number of benzene rings is 2. The van der Waals surface area contributed by atoms with Crippen LogP contribution in [0.2, 0.25) is 0 Å². The Labute approximate surface area is 204 Å². The third kappa shape index (κ3) is 5.16. The third-order valence-electron chi connectivity index (χ3n) is 5.76. The average molecular weight is 503 g/mol. The van der Waals surface area contributed by atoms with Crippen LogP contribution in [-0.2, 0) is 14.8 Å². The number of thiazole rings is 1. The zero-order valence-electron chi connectivity index (χ0n) is 19.9. The predicted molar refractivity (Wildman–Crippen MR) is 135 cm³/mol. The minimum atomic E-state index is -3.61. The number of morpholine rings is 1. The molecule has 8 nitrogen and oxygen atoms in total. The standard InChI is InChI=1S/C24H30N4O4S2/c1-17-15-18(2)22-21(16-17)25-24(33-22)28(10-9-26(3)4)23(29)19-5-7-20(8-6-19)34(30,31)27-11-13-32-14-12-27/h5-8,15-16H,9-14H2,1-4H3. The van der Waals surface area contributed by atoms with Gasteiger partial charge in [0.1, 0.15) is 0 Å². The summed E-state index contributed by atoms with van der Waals surface area (Å²) in [7, 11) is 0.303. The summed E-state index contributed by atoms with van der Waals surface area (Å²) in [6, 6.07) is 10.3. The molecule has 0 bridgehead atoms. The van der Waals surface area contributed by atoms with Gasteiger partial charge >= 0.3 is 0 Å². The molecule has 4 rings (SSSR count). The van der Waals surface area contributed by atoms with Crippen molar-refractivity contribution in [1.29, 1.82) is 0 Å². The number of hydrogen-bond donors (Lipinski definition) is 0. The Morgan fingerprint density at radius 3 is 2.41 bits per heavy atom. The lowest BCUT2D eigenvalue weighted by Crippen LogP contribution is -2.40. The van der Waals surface area contributed by atoms with Crippen LogP contribution in [0.25, 0.3) is 10.2 Å². The van der Waals surface area contributed by atoms with Gasteiger partial charge in [-0.05, 0) is 69.4 Å². The second kappa shape index (κ2) is 10.1. The Bertz CT molecular complexity index is 1280. The number of fused-ring (bicyclic) bond motifs is 1. The van der Waals surface area contributed by atoms with E-state index >= 15 is 0 Å². The number of carbonyl (C=O) groups excluding carboxylic acids is 1. The molecule has 0 N–H and O–H groups in total. The van der Waals surface area contributed by atoms with E-state index in [9.17, 15) is 13.2 Å². The van der Waals surface area contributed by atoms with Gasteiger partial charge in [-0.2, -0.15) is 4.31 Å². The molecule has 1 saturated heterocycles. The molecule has 0 saturated carbocycles. The molecule has 0 aliphatic carbocycles. The Morgan fingerprint density at radius 2 is 1.76 bits per heavy atom. The maximum atomic E-state index is 13.5. The molecule has 2 heterocycles. The van der Waals surface area contributed by atoms with Crippen LogP contribution >= 0.6 is 11.3 Å². The van der Waals surface area contributed by atoms with E-state index in [1.54, 1.807) is 17.0 Å². The SMILES string of the molecule is Cc1cc(C)c2sc(N(CCN(C)C)C(=O)c3ccc(S(=O)(=O)N4CCOCC4)cc3)nc2c1. The fourth-order valence-corrected chi connectivity index (χ4v) is 6.37. The number of hydrogen-bond acceptors (Lipinski definition) is 7. The van der Waals surface area contributed by atoms with Gasteiger partial charge in [-0.1, -0.05) is 17.4 Å². The number of aromatic nitrogens is 1. The number of carbonyl (C=O) groups is 1. The number of anilines is 1. The second-order valence-corrected chi connectivity index (χ2v) is 11.6. The van der Waals surface area contributed by atoms with Crippen LogP contribution in [-0.4, -0.2) is 82.0 Å². The summed E-state index contributed by atoms with van der Waals surface area (Å²) in [6.07, 6.45) is 0. The van der Waals surface area contributed by atoms with Crippen LogP contribution in [0.5, 0.6) is 0 Å². The van der Waals surface area contributed by atoms with E-state index in [1.165, 1.54) is 27.8 Å². The van der Waals surface area contributed by atoms with E-state index in [1.807, 2.05) is 32.0 Å². The monoisotopic (exact) mass is 502 g/mol. The van der Waals surface area contributed by atoms with Gasteiger partial charge in [0.25, 0.3) is 5.91 Å². The fourth-order valence-electron chi connectivity index (χ4n) is 3.93. The van der Waals surface area contributed by atoms with Crippen molar-refractivity contribution >= 4 is 42.6 Å². The van der Waals surface area contributed by atoms with Gasteiger partial charge in [-0.3, -0.25) is 9.69 Å². The summed E-state index contributed by atoms with van der Waals surface area (Å²) in [5.41, 5.74) is 3.57. The Balaban J connectivity index is 1.63. The van der Waals surface area contributed by atoms with Crippen LogP contribution in [0.4, 0.5) is 5.13 Å². The van der Waals surface area contributed by atoms with Crippen molar-refractivity contribution in [3.63, 3.8) is 0 Å². The van der Waals surface area contributed by atoms with Crippen molar-refractivity contribution in [2.24, 2.45) is 0 Å². The lowest BCUT2D eigenvalue weighted by atomic mass is 10.1. The molecule has 1 aliphatic rings. The first-order valence-electron chi connectivity index (χ1n) is 11.2. The first-order chi connectivity index (χ1) is 16.2. The zero-order chi connectivity index (χ0) is 24.5. The summed E-state index contributed by atoms with van der Waals surface area (Å²) >= 11 is 1.50. The summed E-state index contributed by atoms with van der Waals surface area (Å²) in [5.74, 6) is -0.203. The van der Waals surface area contributed by atoms with Crippen LogP contribution in [0.1, 0.15) is 21.5 Å². The number of amides is 1. The molecule has 0 atom stereocenters. The molecule has 182 valence electrons. The molecule has 2 aromatic carbocycles. The van der Waals surface area contributed by atoms with Gasteiger partial charge < -0.3 is 9.64 Å². The number of aryl methyl sites for hydroxylation is 2. The van der Waals surface area contributed by atoms with Gasteiger partial charge in [0.15, 0.2) is 5.13 Å². The van der Waals surface area contributed by atoms with Crippen molar-refractivity contribution in [3.05, 3.63) is 53.1 Å². The minimum Gasteiger partial charge on any atom is -0.379 e. The van der Waals surface area contributed by atoms with Crippen LogP contribution < -0.4 is 4.90 Å². The Morgan fingerprint density at radius 1 is 1.09 bits per heavy atom. The molecule has 0 spiro atoms. The molecule has 1 amide bonds. The molecule has 0 unspecified atom stereocenters. The number of sulfonamides is 1. The van der Waals surface area contributed by atoms with Crippen LogP contribution in [0.3, 0.4) is 0 Å². The predicted octanol–water partition coefficient (Wildman–Crippen LogP) is 3.14. The lowest BCUT2D eigenvalue weighted by Gasteiger charge is -2.26. The maximum Gasteiger partial charge on any atom is 0.260 e. The number of nitrogens with zero attached hydrogens (tertiary/aromatic N) is 4. The quantitative estimate of drug-likeness (QED) is 0.494. The number of ether oxygens (including phenoxy) is 1. The minimum absolute atomic E-state index is 0.178. The fraction of sp³-hybridized carbons (Fsp3) is 0.417. The van der Waals surface area contributed by atoms with Crippen molar-refractivity contribution in [1.82, 2.24) is 14.2 Å². The normalized spacial score (nSPS) is 15.2. The Kier molecular flexibility index (Phi) is 7.34. The zero-order valence-corrected chi connectivity index (χ0v) is 21.6.